The number of benzene rings is 2. The van der Waals surface area contributed by atoms with Crippen LogP contribution in [0.1, 0.15) is 0 Å². The Morgan fingerprint density at radius 3 is 2.38 bits per heavy atom. The van der Waals surface area contributed by atoms with E-state index in [9.17, 15) is 8.42 Å². The predicted octanol–water partition coefficient (Wildman–Crippen LogP) is 3.28. The van der Waals surface area contributed by atoms with E-state index >= 15 is 0 Å². The fourth-order valence-corrected chi connectivity index (χ4v) is 5.50. The van der Waals surface area contributed by atoms with Crippen LogP contribution in [0.25, 0.3) is 10.8 Å². The summed E-state index contributed by atoms with van der Waals surface area (Å²) in [4.78, 5) is 6.47. The molecule has 1 fully saturated rings. The second-order valence-corrected chi connectivity index (χ2v) is 9.42. The first-order chi connectivity index (χ1) is 15.6. The maximum atomic E-state index is 13.3. The number of nitrogens with one attached hydrogen (secondary N) is 1. The van der Waals surface area contributed by atoms with Crippen molar-refractivity contribution in [1.82, 2.24) is 19.5 Å². The molecule has 1 N–H and O–H groups in total. The Labute approximate surface area is 186 Å². The monoisotopic (exact) mass is 446 g/mol. The third-order valence-corrected chi connectivity index (χ3v) is 7.47. The van der Waals surface area contributed by atoms with Crippen molar-refractivity contribution in [1.29, 1.82) is 0 Å². The Hall–Kier alpha value is -3.56. The molecule has 3 heterocycles. The summed E-state index contributed by atoms with van der Waals surface area (Å²) in [6.45, 7) is 1.88. The van der Waals surface area contributed by atoms with Gasteiger partial charge in [-0.05, 0) is 35.7 Å². The molecule has 2 aromatic heterocycles. The van der Waals surface area contributed by atoms with Crippen LogP contribution in [-0.4, -0.2) is 54.1 Å². The van der Waals surface area contributed by atoms with Crippen molar-refractivity contribution in [2.75, 3.05) is 36.4 Å². The molecule has 32 heavy (non-hydrogen) atoms. The lowest BCUT2D eigenvalue weighted by molar-refractivity contribution is 0.384. The van der Waals surface area contributed by atoms with Gasteiger partial charge in [0.1, 0.15) is 0 Å². The van der Waals surface area contributed by atoms with Gasteiger partial charge in [0.15, 0.2) is 11.6 Å². The summed E-state index contributed by atoms with van der Waals surface area (Å²) in [5.41, 5.74) is 0.835. The molecule has 0 spiro atoms. The second kappa shape index (κ2) is 8.52. The molecular formula is C23H22N6O2S. The Bertz CT molecular complexity index is 1320. The predicted molar refractivity (Wildman–Crippen MR) is 124 cm³/mol. The number of anilines is 3. The summed E-state index contributed by atoms with van der Waals surface area (Å²) in [7, 11) is -3.58. The lowest BCUT2D eigenvalue weighted by Crippen LogP contribution is -2.49. The van der Waals surface area contributed by atoms with Crippen LogP contribution < -0.4 is 10.2 Å². The van der Waals surface area contributed by atoms with Crippen molar-refractivity contribution >= 4 is 38.1 Å². The van der Waals surface area contributed by atoms with Crippen molar-refractivity contribution < 1.29 is 8.42 Å². The van der Waals surface area contributed by atoms with Crippen LogP contribution in [0, 0.1) is 0 Å². The summed E-state index contributed by atoms with van der Waals surface area (Å²) >= 11 is 0. The lowest BCUT2D eigenvalue weighted by Gasteiger charge is -2.34. The van der Waals surface area contributed by atoms with Gasteiger partial charge in [0, 0.05) is 37.8 Å². The maximum absolute atomic E-state index is 13.3. The highest BCUT2D eigenvalue weighted by molar-refractivity contribution is 7.89. The molecular weight excluding hydrogens is 424 g/mol. The van der Waals surface area contributed by atoms with Gasteiger partial charge in [0.05, 0.1) is 16.8 Å². The first kappa shape index (κ1) is 20.3. The fourth-order valence-electron chi connectivity index (χ4n) is 3.86. The molecule has 5 rings (SSSR count). The van der Waals surface area contributed by atoms with E-state index in [2.05, 4.69) is 25.4 Å². The van der Waals surface area contributed by atoms with Gasteiger partial charge >= 0.3 is 0 Å². The summed E-state index contributed by atoms with van der Waals surface area (Å²) in [6.07, 6.45) is 3.42. The largest absolute Gasteiger partial charge is 0.352 e. The van der Waals surface area contributed by atoms with Crippen LogP contribution >= 0.6 is 0 Å². The van der Waals surface area contributed by atoms with Crippen LogP contribution in [-0.2, 0) is 10.0 Å². The molecule has 0 aliphatic carbocycles. The molecule has 0 amide bonds. The van der Waals surface area contributed by atoms with Gasteiger partial charge in [0.2, 0.25) is 10.0 Å². The Morgan fingerprint density at radius 2 is 1.62 bits per heavy atom. The second-order valence-electron chi connectivity index (χ2n) is 7.51. The number of pyridine rings is 1. The number of piperazine rings is 1. The molecule has 0 bridgehead atoms. The molecule has 2 aromatic carbocycles. The smallest absolute Gasteiger partial charge is 0.243 e. The minimum absolute atomic E-state index is 0.356. The maximum Gasteiger partial charge on any atom is 0.243 e. The van der Waals surface area contributed by atoms with Crippen molar-refractivity contribution in [3.05, 3.63) is 79.1 Å². The molecule has 9 heteroatoms. The van der Waals surface area contributed by atoms with E-state index in [1.54, 1.807) is 28.8 Å². The quantitative estimate of drug-likeness (QED) is 0.503. The molecule has 1 aliphatic heterocycles. The summed E-state index contributed by atoms with van der Waals surface area (Å²) in [5.74, 6) is 1.35. The van der Waals surface area contributed by atoms with E-state index < -0.39 is 10.0 Å². The summed E-state index contributed by atoms with van der Waals surface area (Å²) in [5, 5.41) is 13.4. The molecule has 162 valence electrons. The topological polar surface area (TPSA) is 91.3 Å². The SMILES string of the molecule is O=S(=O)(c1cccc2ccccc12)N1CCN(c2ccc(Nc3cccnc3)nn2)CC1. The molecule has 1 aliphatic rings. The highest BCUT2D eigenvalue weighted by Gasteiger charge is 2.30. The average molecular weight is 447 g/mol. The van der Waals surface area contributed by atoms with Gasteiger partial charge in [-0.15, -0.1) is 10.2 Å². The first-order valence-corrected chi connectivity index (χ1v) is 11.8. The number of aromatic nitrogens is 3. The zero-order valence-corrected chi connectivity index (χ0v) is 18.1. The molecule has 0 atom stereocenters. The van der Waals surface area contributed by atoms with Crippen molar-refractivity contribution in [3.8, 4) is 0 Å². The highest BCUT2D eigenvalue weighted by atomic mass is 32.2. The van der Waals surface area contributed by atoms with E-state index in [1.165, 1.54) is 0 Å². The van der Waals surface area contributed by atoms with Gasteiger partial charge < -0.3 is 10.2 Å². The van der Waals surface area contributed by atoms with Crippen LogP contribution in [0.5, 0.6) is 0 Å². The van der Waals surface area contributed by atoms with Gasteiger partial charge in [-0.1, -0.05) is 36.4 Å². The van der Waals surface area contributed by atoms with E-state index in [0.717, 1.165) is 22.3 Å². The molecule has 1 saturated heterocycles. The summed E-state index contributed by atoms with van der Waals surface area (Å²) in [6, 6.07) is 20.5. The molecule has 4 aromatic rings. The van der Waals surface area contributed by atoms with Crippen LogP contribution in [0.2, 0.25) is 0 Å². The minimum Gasteiger partial charge on any atom is -0.352 e. The zero-order valence-electron chi connectivity index (χ0n) is 17.3. The van der Waals surface area contributed by atoms with E-state index in [-0.39, 0.29) is 0 Å². The average Bonchev–Trinajstić information content (AvgIpc) is 2.85. The van der Waals surface area contributed by atoms with Gasteiger partial charge in [0.25, 0.3) is 0 Å². The van der Waals surface area contributed by atoms with Crippen molar-refractivity contribution in [2.24, 2.45) is 0 Å². The van der Waals surface area contributed by atoms with Crippen molar-refractivity contribution in [2.45, 2.75) is 4.90 Å². The Kier molecular flexibility index (Phi) is 5.42. The number of hydrogen-bond acceptors (Lipinski definition) is 7. The number of rotatable bonds is 5. The standard InChI is InChI=1S/C23H22N6O2S/c30-32(31,21-9-3-6-18-5-1-2-8-20(18)21)29-15-13-28(14-16-29)23-11-10-22(26-27-23)25-19-7-4-12-24-17-19/h1-12,17H,13-16H2,(H,25,26). The highest BCUT2D eigenvalue weighted by Crippen LogP contribution is 2.27. The summed E-state index contributed by atoms with van der Waals surface area (Å²) < 4.78 is 28.2. The van der Waals surface area contributed by atoms with E-state index in [1.807, 2.05) is 54.6 Å². The molecule has 0 radical (unpaired) electrons. The number of hydrogen-bond donors (Lipinski definition) is 1. The van der Waals surface area contributed by atoms with Gasteiger partial charge in [-0.3, -0.25) is 4.98 Å². The number of nitrogens with zero attached hydrogens (tertiary/aromatic N) is 5. The minimum atomic E-state index is -3.58. The molecule has 0 saturated carbocycles. The third kappa shape index (κ3) is 4.00. The molecule has 8 nitrogen and oxygen atoms in total. The Morgan fingerprint density at radius 1 is 0.812 bits per heavy atom. The van der Waals surface area contributed by atoms with Gasteiger partial charge in [-0.25, -0.2) is 8.42 Å². The van der Waals surface area contributed by atoms with Gasteiger partial charge in [-0.2, -0.15) is 4.31 Å². The Balaban J connectivity index is 1.27. The lowest BCUT2D eigenvalue weighted by atomic mass is 10.1. The fraction of sp³-hybridized carbons (Fsp3) is 0.174. The normalized spacial score (nSPS) is 15.1. The zero-order chi connectivity index (χ0) is 22.0. The van der Waals surface area contributed by atoms with E-state index in [0.29, 0.717) is 36.9 Å². The van der Waals surface area contributed by atoms with Crippen LogP contribution in [0.3, 0.4) is 0 Å². The van der Waals surface area contributed by atoms with Crippen LogP contribution in [0.15, 0.2) is 84.0 Å². The first-order valence-electron chi connectivity index (χ1n) is 10.3. The van der Waals surface area contributed by atoms with E-state index in [4.69, 9.17) is 0 Å². The van der Waals surface area contributed by atoms with Crippen LogP contribution in [0.4, 0.5) is 17.3 Å². The molecule has 0 unspecified atom stereocenters. The number of fused-ring (bicyclic) bond motifs is 1. The van der Waals surface area contributed by atoms with Crippen molar-refractivity contribution in [3.63, 3.8) is 0 Å². The third-order valence-electron chi connectivity index (χ3n) is 5.51. The number of sulfonamides is 1.